The van der Waals surface area contributed by atoms with Gasteiger partial charge in [0.25, 0.3) is 0 Å². The van der Waals surface area contributed by atoms with Crippen molar-refractivity contribution in [2.24, 2.45) is 11.8 Å². The standard InChI is InChI=1S/C12H23N3O/c1-3-4-14-12(16)8-15-7-10-5-13-6-11(10)9(15)2/h9-11,13H,3-8H2,1-2H3,(H,14,16). The normalized spacial score (nSPS) is 34.0. The Bertz CT molecular complexity index is 257. The lowest BCUT2D eigenvalue weighted by atomic mass is 9.95. The van der Waals surface area contributed by atoms with Crippen LogP contribution in [0.4, 0.5) is 0 Å². The summed E-state index contributed by atoms with van der Waals surface area (Å²) in [6, 6.07) is 0.548. The zero-order valence-corrected chi connectivity index (χ0v) is 10.3. The Morgan fingerprint density at radius 3 is 3.00 bits per heavy atom. The summed E-state index contributed by atoms with van der Waals surface area (Å²) < 4.78 is 0. The third-order valence-electron chi connectivity index (χ3n) is 3.98. The van der Waals surface area contributed by atoms with Crippen molar-refractivity contribution in [2.75, 3.05) is 32.7 Å². The summed E-state index contributed by atoms with van der Waals surface area (Å²) in [5, 5.41) is 6.38. The van der Waals surface area contributed by atoms with Gasteiger partial charge in [0.1, 0.15) is 0 Å². The van der Waals surface area contributed by atoms with E-state index < -0.39 is 0 Å². The molecule has 92 valence electrons. The highest BCUT2D eigenvalue weighted by Gasteiger charge is 2.41. The van der Waals surface area contributed by atoms with Crippen LogP contribution in [-0.2, 0) is 4.79 Å². The topological polar surface area (TPSA) is 44.4 Å². The lowest BCUT2D eigenvalue weighted by Gasteiger charge is -2.23. The smallest absolute Gasteiger partial charge is 0.234 e. The lowest BCUT2D eigenvalue weighted by molar-refractivity contribution is -0.122. The Kier molecular flexibility index (Phi) is 3.82. The number of amides is 1. The molecule has 2 aliphatic heterocycles. The average Bonchev–Trinajstić information content (AvgIpc) is 2.81. The van der Waals surface area contributed by atoms with Crippen LogP contribution in [0.25, 0.3) is 0 Å². The second-order valence-electron chi connectivity index (χ2n) is 5.10. The SMILES string of the molecule is CCCNC(=O)CN1CC2CNCC2C1C. The van der Waals surface area contributed by atoms with Crippen molar-refractivity contribution in [3.05, 3.63) is 0 Å². The minimum atomic E-state index is 0.182. The first-order valence-electron chi connectivity index (χ1n) is 6.43. The van der Waals surface area contributed by atoms with Gasteiger partial charge in [-0.15, -0.1) is 0 Å². The van der Waals surface area contributed by atoms with Gasteiger partial charge >= 0.3 is 0 Å². The number of hydrogen-bond donors (Lipinski definition) is 2. The highest BCUT2D eigenvalue weighted by Crippen LogP contribution is 2.31. The third kappa shape index (κ3) is 2.38. The van der Waals surface area contributed by atoms with Crippen LogP contribution in [0.15, 0.2) is 0 Å². The molecule has 2 fully saturated rings. The van der Waals surface area contributed by atoms with E-state index in [1.54, 1.807) is 0 Å². The highest BCUT2D eigenvalue weighted by atomic mass is 16.2. The fourth-order valence-corrected chi connectivity index (χ4v) is 2.97. The molecule has 2 rings (SSSR count). The van der Waals surface area contributed by atoms with Crippen LogP contribution in [0.2, 0.25) is 0 Å². The Labute approximate surface area is 97.8 Å². The van der Waals surface area contributed by atoms with Crippen LogP contribution < -0.4 is 10.6 Å². The molecule has 4 heteroatoms. The minimum absolute atomic E-state index is 0.182. The summed E-state index contributed by atoms with van der Waals surface area (Å²) in [6.45, 7) is 9.04. The van der Waals surface area contributed by atoms with Crippen LogP contribution in [0.1, 0.15) is 20.3 Å². The van der Waals surface area contributed by atoms with Crippen molar-refractivity contribution in [2.45, 2.75) is 26.3 Å². The first kappa shape index (κ1) is 11.9. The molecule has 2 N–H and O–H groups in total. The van der Waals surface area contributed by atoms with Gasteiger partial charge in [-0.05, 0) is 38.3 Å². The number of rotatable bonds is 4. The molecule has 0 aromatic carbocycles. The third-order valence-corrected chi connectivity index (χ3v) is 3.98. The molecule has 16 heavy (non-hydrogen) atoms. The summed E-state index contributed by atoms with van der Waals surface area (Å²) >= 11 is 0. The maximum Gasteiger partial charge on any atom is 0.234 e. The van der Waals surface area contributed by atoms with Crippen LogP contribution in [0.3, 0.4) is 0 Å². The van der Waals surface area contributed by atoms with Crippen molar-refractivity contribution >= 4 is 5.91 Å². The van der Waals surface area contributed by atoms with Gasteiger partial charge in [-0.25, -0.2) is 0 Å². The molecule has 4 nitrogen and oxygen atoms in total. The molecular weight excluding hydrogens is 202 g/mol. The maximum atomic E-state index is 11.7. The molecule has 0 aromatic rings. The van der Waals surface area contributed by atoms with Crippen molar-refractivity contribution in [1.82, 2.24) is 15.5 Å². The monoisotopic (exact) mass is 225 g/mol. The van der Waals surface area contributed by atoms with Crippen LogP contribution in [0, 0.1) is 11.8 Å². The number of fused-ring (bicyclic) bond motifs is 1. The van der Waals surface area contributed by atoms with Crippen LogP contribution >= 0.6 is 0 Å². The molecule has 2 aliphatic rings. The van der Waals surface area contributed by atoms with Crippen molar-refractivity contribution in [3.63, 3.8) is 0 Å². The number of nitrogens with one attached hydrogen (secondary N) is 2. The molecule has 1 amide bonds. The van der Waals surface area contributed by atoms with E-state index in [9.17, 15) is 4.79 Å². The molecule has 0 aromatic heterocycles. The fraction of sp³-hybridized carbons (Fsp3) is 0.917. The van der Waals surface area contributed by atoms with Gasteiger partial charge in [0.2, 0.25) is 5.91 Å². The molecule has 0 bridgehead atoms. The van der Waals surface area contributed by atoms with E-state index in [1.165, 1.54) is 0 Å². The summed E-state index contributed by atoms with van der Waals surface area (Å²) in [7, 11) is 0. The second-order valence-corrected chi connectivity index (χ2v) is 5.10. The number of nitrogens with zero attached hydrogens (tertiary/aromatic N) is 1. The van der Waals surface area contributed by atoms with Gasteiger partial charge in [-0.1, -0.05) is 6.92 Å². The second kappa shape index (κ2) is 5.15. The van der Waals surface area contributed by atoms with Gasteiger partial charge in [-0.3, -0.25) is 9.69 Å². The van der Waals surface area contributed by atoms with Crippen LogP contribution in [0.5, 0.6) is 0 Å². The van der Waals surface area contributed by atoms with Gasteiger partial charge in [0.05, 0.1) is 6.54 Å². The van der Waals surface area contributed by atoms with Gasteiger partial charge in [0.15, 0.2) is 0 Å². The summed E-state index contributed by atoms with van der Waals surface area (Å²) in [5.41, 5.74) is 0. The largest absolute Gasteiger partial charge is 0.355 e. The van der Waals surface area contributed by atoms with E-state index in [1.807, 2.05) is 0 Å². The van der Waals surface area contributed by atoms with Crippen LogP contribution in [-0.4, -0.2) is 49.6 Å². The highest BCUT2D eigenvalue weighted by molar-refractivity contribution is 5.78. The number of carbonyl (C=O) groups excluding carboxylic acids is 1. The lowest BCUT2D eigenvalue weighted by Crippen LogP contribution is -2.41. The summed E-state index contributed by atoms with van der Waals surface area (Å²) in [5.74, 6) is 1.69. The predicted octanol–water partition coefficient (Wildman–Crippen LogP) is 0.0523. The Hall–Kier alpha value is -0.610. The van der Waals surface area contributed by atoms with E-state index >= 15 is 0 Å². The molecule has 0 spiro atoms. The minimum Gasteiger partial charge on any atom is -0.355 e. The summed E-state index contributed by atoms with van der Waals surface area (Å²) in [6.07, 6.45) is 1.01. The van der Waals surface area contributed by atoms with E-state index in [-0.39, 0.29) is 5.91 Å². The maximum absolute atomic E-state index is 11.7. The van der Waals surface area contributed by atoms with E-state index in [0.717, 1.165) is 44.4 Å². The number of hydrogen-bond acceptors (Lipinski definition) is 3. The molecule has 3 unspecified atom stereocenters. The Balaban J connectivity index is 1.80. The van der Waals surface area contributed by atoms with E-state index in [2.05, 4.69) is 29.4 Å². The van der Waals surface area contributed by atoms with E-state index in [0.29, 0.717) is 12.6 Å². The molecule has 0 radical (unpaired) electrons. The first-order valence-corrected chi connectivity index (χ1v) is 6.43. The van der Waals surface area contributed by atoms with E-state index in [4.69, 9.17) is 0 Å². The molecule has 0 aliphatic carbocycles. The van der Waals surface area contributed by atoms with Crippen molar-refractivity contribution < 1.29 is 4.79 Å². The zero-order chi connectivity index (χ0) is 11.5. The number of likely N-dealkylation sites (tertiary alicyclic amines) is 1. The average molecular weight is 225 g/mol. The van der Waals surface area contributed by atoms with Gasteiger partial charge < -0.3 is 10.6 Å². The molecule has 3 atom stereocenters. The van der Waals surface area contributed by atoms with Crippen molar-refractivity contribution in [1.29, 1.82) is 0 Å². The molecular formula is C12H23N3O. The van der Waals surface area contributed by atoms with Crippen molar-refractivity contribution in [3.8, 4) is 0 Å². The molecule has 0 saturated carbocycles. The first-order chi connectivity index (χ1) is 7.72. The fourth-order valence-electron chi connectivity index (χ4n) is 2.97. The quantitative estimate of drug-likeness (QED) is 0.711. The Morgan fingerprint density at radius 2 is 2.31 bits per heavy atom. The molecule has 2 saturated heterocycles. The predicted molar refractivity (Wildman–Crippen MR) is 64.2 cm³/mol. The van der Waals surface area contributed by atoms with Gasteiger partial charge in [0, 0.05) is 19.1 Å². The summed E-state index contributed by atoms with van der Waals surface area (Å²) in [4.78, 5) is 14.0. The Morgan fingerprint density at radius 1 is 1.50 bits per heavy atom. The van der Waals surface area contributed by atoms with Gasteiger partial charge in [-0.2, -0.15) is 0 Å². The number of carbonyl (C=O) groups is 1. The zero-order valence-electron chi connectivity index (χ0n) is 10.3. The molecule has 2 heterocycles.